The molecule has 0 aliphatic carbocycles. The van der Waals surface area contributed by atoms with Gasteiger partial charge in [-0.3, -0.25) is 0 Å². The van der Waals surface area contributed by atoms with E-state index in [4.69, 9.17) is 0 Å². The van der Waals surface area contributed by atoms with Gasteiger partial charge in [-0.2, -0.15) is 0 Å². The van der Waals surface area contributed by atoms with Gasteiger partial charge in [-0.15, -0.1) is 21.5 Å². The van der Waals surface area contributed by atoms with E-state index in [9.17, 15) is 0 Å². The first-order chi connectivity index (χ1) is 8.24. The molecule has 0 bridgehead atoms. The van der Waals surface area contributed by atoms with Crippen molar-refractivity contribution in [2.45, 2.75) is 36.7 Å². The average Bonchev–Trinajstić information content (AvgIpc) is 2.92. The molecule has 2 aromatic heterocycles. The molecule has 17 heavy (non-hydrogen) atoms. The van der Waals surface area contributed by atoms with Crippen LogP contribution in [0.25, 0.3) is 0 Å². The van der Waals surface area contributed by atoms with Gasteiger partial charge < -0.3 is 5.43 Å². The third kappa shape index (κ3) is 2.07. The van der Waals surface area contributed by atoms with Gasteiger partial charge in [-0.05, 0) is 18.4 Å². The molecule has 2 unspecified atom stereocenters. The highest BCUT2D eigenvalue weighted by Gasteiger charge is 2.25. The minimum atomic E-state index is 0.436. The Morgan fingerprint density at radius 3 is 3.06 bits per heavy atom. The minimum Gasteiger partial charge on any atom is -0.318 e. The average molecular weight is 266 g/mol. The van der Waals surface area contributed by atoms with Crippen molar-refractivity contribution in [3.8, 4) is 0 Å². The SMILES string of the molecule is CC1Nn2c(Cc3cccs3)nnc2SC1C. The van der Waals surface area contributed by atoms with Crippen LogP contribution in [0.3, 0.4) is 0 Å². The molecule has 0 amide bonds. The highest BCUT2D eigenvalue weighted by molar-refractivity contribution is 7.99. The molecule has 0 aromatic carbocycles. The van der Waals surface area contributed by atoms with Crippen molar-refractivity contribution in [3.05, 3.63) is 28.2 Å². The monoisotopic (exact) mass is 266 g/mol. The maximum Gasteiger partial charge on any atom is 0.210 e. The van der Waals surface area contributed by atoms with Gasteiger partial charge in [0.2, 0.25) is 5.16 Å². The van der Waals surface area contributed by atoms with E-state index < -0.39 is 0 Å². The molecule has 90 valence electrons. The van der Waals surface area contributed by atoms with Gasteiger partial charge >= 0.3 is 0 Å². The molecular formula is C11H14N4S2. The number of nitrogens with one attached hydrogen (secondary N) is 1. The summed E-state index contributed by atoms with van der Waals surface area (Å²) in [5, 5.41) is 12.1. The van der Waals surface area contributed by atoms with Crippen molar-refractivity contribution in [2.75, 3.05) is 5.43 Å². The molecule has 0 radical (unpaired) electrons. The van der Waals surface area contributed by atoms with Gasteiger partial charge in [0, 0.05) is 16.5 Å². The summed E-state index contributed by atoms with van der Waals surface area (Å²) < 4.78 is 2.04. The predicted molar refractivity (Wildman–Crippen MR) is 71.3 cm³/mol. The minimum absolute atomic E-state index is 0.436. The van der Waals surface area contributed by atoms with E-state index in [1.165, 1.54) is 4.88 Å². The lowest BCUT2D eigenvalue weighted by Crippen LogP contribution is -2.38. The summed E-state index contributed by atoms with van der Waals surface area (Å²) in [7, 11) is 0. The van der Waals surface area contributed by atoms with Crippen molar-refractivity contribution in [1.29, 1.82) is 0 Å². The second kappa shape index (κ2) is 4.34. The van der Waals surface area contributed by atoms with E-state index >= 15 is 0 Å². The third-order valence-electron chi connectivity index (χ3n) is 2.94. The van der Waals surface area contributed by atoms with Crippen LogP contribution in [0, 0.1) is 0 Å². The van der Waals surface area contributed by atoms with Crippen LogP contribution in [-0.2, 0) is 6.42 Å². The summed E-state index contributed by atoms with van der Waals surface area (Å²) in [5.74, 6) is 0.994. The highest BCUT2D eigenvalue weighted by Crippen LogP contribution is 2.29. The Hall–Kier alpha value is -1.01. The highest BCUT2D eigenvalue weighted by atomic mass is 32.2. The molecule has 3 heterocycles. The fourth-order valence-electron chi connectivity index (χ4n) is 1.77. The Kier molecular flexibility index (Phi) is 2.84. The molecular weight excluding hydrogens is 252 g/mol. The number of fused-ring (bicyclic) bond motifs is 1. The molecule has 1 aliphatic rings. The van der Waals surface area contributed by atoms with Crippen LogP contribution >= 0.6 is 23.1 Å². The third-order valence-corrected chi connectivity index (χ3v) is 5.07. The van der Waals surface area contributed by atoms with Crippen molar-refractivity contribution < 1.29 is 0 Å². The summed E-state index contributed by atoms with van der Waals surface area (Å²) in [5.41, 5.74) is 3.45. The quantitative estimate of drug-likeness (QED) is 0.906. The van der Waals surface area contributed by atoms with Gasteiger partial charge in [-0.25, -0.2) is 4.68 Å². The number of hydrogen-bond donors (Lipinski definition) is 1. The first-order valence-electron chi connectivity index (χ1n) is 5.64. The van der Waals surface area contributed by atoms with Gasteiger partial charge in [0.25, 0.3) is 0 Å². The van der Waals surface area contributed by atoms with Crippen LogP contribution < -0.4 is 5.43 Å². The van der Waals surface area contributed by atoms with E-state index in [2.05, 4.69) is 47.0 Å². The molecule has 0 saturated carbocycles. The second-order valence-corrected chi connectivity index (χ2v) is 6.61. The normalized spacial score (nSPS) is 23.2. The zero-order valence-electron chi connectivity index (χ0n) is 9.75. The molecule has 1 N–H and O–H groups in total. The molecule has 0 spiro atoms. The van der Waals surface area contributed by atoms with Crippen LogP contribution in [0.2, 0.25) is 0 Å². The van der Waals surface area contributed by atoms with Crippen LogP contribution in [0.15, 0.2) is 22.7 Å². The fourth-order valence-corrected chi connectivity index (χ4v) is 3.42. The molecule has 0 fully saturated rings. The lowest BCUT2D eigenvalue weighted by atomic mass is 10.3. The maximum atomic E-state index is 4.28. The Morgan fingerprint density at radius 2 is 2.29 bits per heavy atom. The second-order valence-electron chi connectivity index (χ2n) is 4.23. The van der Waals surface area contributed by atoms with Crippen LogP contribution in [0.1, 0.15) is 24.5 Å². The summed E-state index contributed by atoms with van der Waals surface area (Å²) in [4.78, 5) is 1.32. The Bertz CT molecular complexity index is 506. The van der Waals surface area contributed by atoms with E-state index in [1.54, 1.807) is 23.1 Å². The summed E-state index contributed by atoms with van der Waals surface area (Å²) >= 11 is 3.54. The number of aromatic nitrogens is 3. The fraction of sp³-hybridized carbons (Fsp3) is 0.455. The van der Waals surface area contributed by atoms with E-state index in [0.717, 1.165) is 17.4 Å². The van der Waals surface area contributed by atoms with Crippen molar-refractivity contribution >= 4 is 23.1 Å². The molecule has 0 saturated heterocycles. The zero-order chi connectivity index (χ0) is 11.8. The standard InChI is InChI=1S/C11H14N4S2/c1-7-8(2)17-11-13-12-10(15(11)14-7)6-9-4-3-5-16-9/h3-5,7-8,14H,6H2,1-2H3. The number of rotatable bonds is 2. The maximum absolute atomic E-state index is 4.28. The van der Waals surface area contributed by atoms with E-state index in [0.29, 0.717) is 11.3 Å². The van der Waals surface area contributed by atoms with Crippen molar-refractivity contribution in [2.24, 2.45) is 0 Å². The molecule has 2 atom stereocenters. The first-order valence-corrected chi connectivity index (χ1v) is 7.40. The van der Waals surface area contributed by atoms with Crippen molar-refractivity contribution in [1.82, 2.24) is 14.9 Å². The number of thioether (sulfide) groups is 1. The molecule has 3 rings (SSSR count). The van der Waals surface area contributed by atoms with Gasteiger partial charge in [-0.1, -0.05) is 24.8 Å². The summed E-state index contributed by atoms with van der Waals surface area (Å²) in [6, 6.07) is 4.64. The van der Waals surface area contributed by atoms with E-state index in [1.807, 2.05) is 4.68 Å². The molecule has 2 aromatic rings. The zero-order valence-corrected chi connectivity index (χ0v) is 11.4. The van der Waals surface area contributed by atoms with Crippen LogP contribution in [0.4, 0.5) is 0 Å². The number of hydrogen-bond acceptors (Lipinski definition) is 5. The summed E-state index contributed by atoms with van der Waals surface area (Å²) in [6.45, 7) is 4.40. The Morgan fingerprint density at radius 1 is 1.41 bits per heavy atom. The number of nitrogens with zero attached hydrogens (tertiary/aromatic N) is 3. The summed E-state index contributed by atoms with van der Waals surface area (Å²) in [6.07, 6.45) is 0.847. The molecule has 1 aliphatic heterocycles. The Labute approximate surface area is 108 Å². The molecule has 6 heteroatoms. The topological polar surface area (TPSA) is 42.7 Å². The Balaban J connectivity index is 1.88. The van der Waals surface area contributed by atoms with Crippen LogP contribution in [-0.4, -0.2) is 26.2 Å². The largest absolute Gasteiger partial charge is 0.318 e. The van der Waals surface area contributed by atoms with Gasteiger partial charge in [0.15, 0.2) is 5.82 Å². The molecule has 4 nitrogen and oxygen atoms in total. The predicted octanol–water partition coefficient (Wildman–Crippen LogP) is 2.36. The lowest BCUT2D eigenvalue weighted by Gasteiger charge is -2.28. The van der Waals surface area contributed by atoms with Crippen LogP contribution in [0.5, 0.6) is 0 Å². The first kappa shape index (κ1) is 11.1. The van der Waals surface area contributed by atoms with E-state index in [-0.39, 0.29) is 0 Å². The number of thiophene rings is 1. The smallest absolute Gasteiger partial charge is 0.210 e. The van der Waals surface area contributed by atoms with Gasteiger partial charge in [0.05, 0.1) is 6.04 Å². The van der Waals surface area contributed by atoms with Gasteiger partial charge in [0.1, 0.15) is 0 Å². The lowest BCUT2D eigenvalue weighted by molar-refractivity contribution is 0.601. The van der Waals surface area contributed by atoms with Crippen molar-refractivity contribution in [3.63, 3.8) is 0 Å².